The summed E-state index contributed by atoms with van der Waals surface area (Å²) in [5, 5.41) is 8.84. The van der Waals surface area contributed by atoms with E-state index in [0.29, 0.717) is 19.6 Å². The number of hydrogen-bond acceptors (Lipinski definition) is 4. The average molecular weight is 251 g/mol. The van der Waals surface area contributed by atoms with Crippen molar-refractivity contribution in [1.29, 1.82) is 0 Å². The van der Waals surface area contributed by atoms with Crippen LogP contribution in [-0.4, -0.2) is 65.1 Å². The van der Waals surface area contributed by atoms with Crippen LogP contribution in [0.25, 0.3) is 0 Å². The predicted molar refractivity (Wildman–Crippen MR) is 66.5 cm³/mol. The summed E-state index contributed by atoms with van der Waals surface area (Å²) in [4.78, 5) is 29.9. The van der Waals surface area contributed by atoms with Crippen LogP contribution in [0.4, 0.5) is 0 Å². The van der Waals surface area contributed by atoms with Crippen LogP contribution in [0.5, 0.6) is 0 Å². The summed E-state index contributed by atoms with van der Waals surface area (Å²) >= 11 is 0. The molecule has 0 radical (unpaired) electrons. The van der Waals surface area contributed by atoms with Gasteiger partial charge in [-0.15, -0.1) is 0 Å². The molecule has 6 heteroatoms. The number of aliphatic hydroxyl groups is 1. The first-order valence-electron chi connectivity index (χ1n) is 6.02. The molecule has 0 saturated carbocycles. The molecule has 1 saturated heterocycles. The van der Waals surface area contributed by atoms with Crippen LogP contribution in [0.2, 0.25) is 0 Å². The highest BCUT2D eigenvalue weighted by atomic mass is 16.3. The van der Waals surface area contributed by atoms with Crippen LogP contribution in [-0.2, 0) is 0 Å². The lowest BCUT2D eigenvalue weighted by Crippen LogP contribution is -2.50. The zero-order chi connectivity index (χ0) is 13.0. The van der Waals surface area contributed by atoms with Gasteiger partial charge < -0.3 is 15.0 Å². The fourth-order valence-electron chi connectivity index (χ4n) is 2.08. The number of H-pyrrole nitrogens is 1. The standard InChI is InChI=1S/C12H17N3O3/c16-9-8-14-4-6-15(7-5-14)12(18)10-2-1-3-13-11(10)17/h1-3,16H,4-9H2,(H,13,17). The van der Waals surface area contributed by atoms with E-state index in [2.05, 4.69) is 9.88 Å². The van der Waals surface area contributed by atoms with Gasteiger partial charge in [-0.05, 0) is 12.1 Å². The van der Waals surface area contributed by atoms with Crippen LogP contribution in [0.1, 0.15) is 10.4 Å². The van der Waals surface area contributed by atoms with Gasteiger partial charge in [-0.1, -0.05) is 0 Å². The molecule has 1 aliphatic rings. The second-order valence-corrected chi connectivity index (χ2v) is 4.27. The summed E-state index contributed by atoms with van der Waals surface area (Å²) in [6.07, 6.45) is 1.51. The van der Waals surface area contributed by atoms with Crippen LogP contribution in [0, 0.1) is 0 Å². The van der Waals surface area contributed by atoms with Crippen LogP contribution in [0.3, 0.4) is 0 Å². The molecular weight excluding hydrogens is 234 g/mol. The monoisotopic (exact) mass is 251 g/mol. The number of piperazine rings is 1. The van der Waals surface area contributed by atoms with Gasteiger partial charge in [0.1, 0.15) is 5.56 Å². The number of hydrogen-bond donors (Lipinski definition) is 2. The topological polar surface area (TPSA) is 76.6 Å². The number of aromatic amines is 1. The predicted octanol–water partition coefficient (Wildman–Crippen LogP) is -0.875. The number of nitrogens with zero attached hydrogens (tertiary/aromatic N) is 2. The molecule has 1 aromatic rings. The van der Waals surface area contributed by atoms with Gasteiger partial charge in [0.05, 0.1) is 6.61 Å². The van der Waals surface area contributed by atoms with E-state index in [9.17, 15) is 9.59 Å². The Bertz CT molecular complexity index is 464. The molecule has 0 bridgehead atoms. The fourth-order valence-corrected chi connectivity index (χ4v) is 2.08. The maximum Gasteiger partial charge on any atom is 0.260 e. The van der Waals surface area contributed by atoms with Crippen molar-refractivity contribution in [1.82, 2.24) is 14.8 Å². The second-order valence-electron chi connectivity index (χ2n) is 4.27. The molecule has 98 valence electrons. The van der Waals surface area contributed by atoms with E-state index in [1.807, 2.05) is 0 Å². The highest BCUT2D eigenvalue weighted by Crippen LogP contribution is 2.05. The molecular formula is C12H17N3O3. The maximum absolute atomic E-state index is 12.1. The molecule has 18 heavy (non-hydrogen) atoms. The number of carbonyl (C=O) groups excluding carboxylic acids is 1. The molecule has 1 aliphatic heterocycles. The number of aromatic nitrogens is 1. The number of β-amino-alcohol motifs (C(OH)–C–C–N with tert-alkyl or cyclic N) is 1. The molecule has 1 aromatic heterocycles. The first kappa shape index (κ1) is 12.8. The SMILES string of the molecule is O=C(c1ccc[nH]c1=O)N1CCN(CCO)CC1. The van der Waals surface area contributed by atoms with E-state index in [4.69, 9.17) is 5.11 Å². The lowest BCUT2D eigenvalue weighted by molar-refractivity contribution is 0.0613. The fraction of sp³-hybridized carbons (Fsp3) is 0.500. The van der Waals surface area contributed by atoms with E-state index in [0.717, 1.165) is 13.1 Å². The number of rotatable bonds is 3. The number of amides is 1. The second kappa shape index (κ2) is 5.79. The number of aliphatic hydroxyl groups excluding tert-OH is 1. The minimum atomic E-state index is -0.347. The number of carbonyl (C=O) groups is 1. The Kier molecular flexibility index (Phi) is 4.11. The van der Waals surface area contributed by atoms with E-state index in [1.165, 1.54) is 6.20 Å². The van der Waals surface area contributed by atoms with Crippen molar-refractivity contribution in [3.05, 3.63) is 34.2 Å². The average Bonchev–Trinajstić information content (AvgIpc) is 2.40. The smallest absolute Gasteiger partial charge is 0.260 e. The summed E-state index contributed by atoms with van der Waals surface area (Å²) < 4.78 is 0. The quantitative estimate of drug-likeness (QED) is 0.732. The zero-order valence-corrected chi connectivity index (χ0v) is 10.1. The Morgan fingerprint density at radius 2 is 2.06 bits per heavy atom. The first-order chi connectivity index (χ1) is 8.72. The molecule has 6 nitrogen and oxygen atoms in total. The van der Waals surface area contributed by atoms with Crippen molar-refractivity contribution in [3.8, 4) is 0 Å². The third-order valence-corrected chi connectivity index (χ3v) is 3.12. The molecule has 1 fully saturated rings. The summed E-state index contributed by atoms with van der Waals surface area (Å²) in [6.45, 7) is 3.41. The van der Waals surface area contributed by atoms with Crippen LogP contribution < -0.4 is 5.56 Å². The van der Waals surface area contributed by atoms with Crippen molar-refractivity contribution >= 4 is 5.91 Å². The van der Waals surface area contributed by atoms with Gasteiger partial charge in [-0.25, -0.2) is 0 Å². The molecule has 0 aliphatic carbocycles. The third-order valence-electron chi connectivity index (χ3n) is 3.12. The van der Waals surface area contributed by atoms with Crippen molar-refractivity contribution in [2.24, 2.45) is 0 Å². The highest BCUT2D eigenvalue weighted by Gasteiger charge is 2.23. The van der Waals surface area contributed by atoms with E-state index in [-0.39, 0.29) is 23.6 Å². The van der Waals surface area contributed by atoms with Crippen molar-refractivity contribution in [2.45, 2.75) is 0 Å². The highest BCUT2D eigenvalue weighted by molar-refractivity contribution is 5.93. The van der Waals surface area contributed by atoms with Crippen molar-refractivity contribution < 1.29 is 9.90 Å². The Morgan fingerprint density at radius 1 is 1.33 bits per heavy atom. The Balaban J connectivity index is 2.00. The van der Waals surface area contributed by atoms with Gasteiger partial charge in [0.25, 0.3) is 11.5 Å². The van der Waals surface area contributed by atoms with Gasteiger partial charge in [0.15, 0.2) is 0 Å². The first-order valence-corrected chi connectivity index (χ1v) is 6.02. The zero-order valence-electron chi connectivity index (χ0n) is 10.1. The van der Waals surface area contributed by atoms with Crippen molar-refractivity contribution in [3.63, 3.8) is 0 Å². The molecule has 2 heterocycles. The maximum atomic E-state index is 12.1. The van der Waals surface area contributed by atoms with Crippen LogP contribution >= 0.6 is 0 Å². The lowest BCUT2D eigenvalue weighted by Gasteiger charge is -2.34. The molecule has 0 spiro atoms. The largest absolute Gasteiger partial charge is 0.395 e. The van der Waals surface area contributed by atoms with Crippen molar-refractivity contribution in [2.75, 3.05) is 39.3 Å². The van der Waals surface area contributed by atoms with E-state index in [1.54, 1.807) is 17.0 Å². The number of nitrogens with one attached hydrogen (secondary N) is 1. The minimum Gasteiger partial charge on any atom is -0.395 e. The lowest BCUT2D eigenvalue weighted by atomic mass is 10.2. The summed E-state index contributed by atoms with van der Waals surface area (Å²) in [6, 6.07) is 3.19. The summed E-state index contributed by atoms with van der Waals surface area (Å²) in [7, 11) is 0. The van der Waals surface area contributed by atoms with E-state index >= 15 is 0 Å². The normalized spacial score (nSPS) is 16.8. The Hall–Kier alpha value is -1.66. The summed E-state index contributed by atoms with van der Waals surface area (Å²) in [5.74, 6) is -0.222. The van der Waals surface area contributed by atoms with Gasteiger partial charge in [-0.2, -0.15) is 0 Å². The Morgan fingerprint density at radius 3 is 2.67 bits per heavy atom. The third kappa shape index (κ3) is 2.77. The van der Waals surface area contributed by atoms with Gasteiger partial charge >= 0.3 is 0 Å². The molecule has 0 atom stereocenters. The van der Waals surface area contributed by atoms with Gasteiger partial charge in [0, 0.05) is 38.9 Å². The van der Waals surface area contributed by atoms with E-state index < -0.39 is 0 Å². The Labute approximate surface area is 105 Å². The molecule has 2 N–H and O–H groups in total. The molecule has 0 unspecified atom stereocenters. The molecule has 0 aromatic carbocycles. The van der Waals surface area contributed by atoms with Crippen LogP contribution in [0.15, 0.2) is 23.1 Å². The molecule has 2 rings (SSSR count). The molecule has 1 amide bonds. The van der Waals surface area contributed by atoms with Gasteiger partial charge in [-0.3, -0.25) is 14.5 Å². The van der Waals surface area contributed by atoms with Gasteiger partial charge in [0.2, 0.25) is 0 Å². The number of pyridine rings is 1. The minimum absolute atomic E-state index is 0.131. The summed E-state index contributed by atoms with van der Waals surface area (Å²) in [5.41, 5.74) is -0.159.